The van der Waals surface area contributed by atoms with Crippen molar-refractivity contribution in [3.8, 4) is 0 Å². The molecule has 0 fully saturated rings. The van der Waals surface area contributed by atoms with Gasteiger partial charge in [0.2, 0.25) is 0 Å². The molecule has 0 aromatic rings. The minimum Gasteiger partial charge on any atom is -0.350 e. The quantitative estimate of drug-likeness (QED) is 0.656. The molecule has 0 amide bonds. The lowest BCUT2D eigenvalue weighted by molar-refractivity contribution is 0.265. The predicted molar refractivity (Wildman–Crippen MR) is 49.6 cm³/mol. The molecule has 0 bridgehead atoms. The summed E-state index contributed by atoms with van der Waals surface area (Å²) in [5.74, 6) is 1.04. The molecule has 0 aliphatic carbocycles. The zero-order valence-electron chi connectivity index (χ0n) is 7.87. The fourth-order valence-electron chi connectivity index (χ4n) is 0.600. The van der Waals surface area contributed by atoms with Gasteiger partial charge < -0.3 is 9.42 Å². The van der Waals surface area contributed by atoms with Crippen LogP contribution in [0, 0.1) is 11.8 Å². The summed E-state index contributed by atoms with van der Waals surface area (Å²) in [4.78, 5) is 9.31. The highest BCUT2D eigenvalue weighted by molar-refractivity contribution is 7.46. The molecule has 3 heteroatoms. The number of rotatable bonds is 5. The Morgan fingerprint density at radius 1 is 1.18 bits per heavy atom. The molecule has 1 unspecified atom stereocenters. The minimum absolute atomic E-state index is 0.513. The summed E-state index contributed by atoms with van der Waals surface area (Å²) < 4.78 is 5.23. The zero-order valence-corrected chi connectivity index (χ0v) is 8.77. The number of hydrogen-bond acceptors (Lipinski definition) is 2. The van der Waals surface area contributed by atoms with Gasteiger partial charge in [-0.1, -0.05) is 27.7 Å². The molecule has 0 saturated heterocycles. The van der Waals surface area contributed by atoms with Gasteiger partial charge in [-0.25, -0.2) is 0 Å². The van der Waals surface area contributed by atoms with Crippen LogP contribution in [0.5, 0.6) is 0 Å². The third-order valence-electron chi connectivity index (χ3n) is 1.08. The van der Waals surface area contributed by atoms with Crippen LogP contribution in [-0.2, 0) is 4.52 Å². The summed E-state index contributed by atoms with van der Waals surface area (Å²) in [6, 6.07) is 0. The lowest BCUT2D eigenvalue weighted by atomic mass is 10.2. The van der Waals surface area contributed by atoms with Crippen molar-refractivity contribution in [1.29, 1.82) is 0 Å². The molecule has 0 heterocycles. The molecule has 0 aromatic carbocycles. The molecule has 0 saturated carbocycles. The highest BCUT2D eigenvalue weighted by Crippen LogP contribution is 2.33. The monoisotopic (exact) mass is 178 g/mol. The maximum absolute atomic E-state index is 9.31. The maximum atomic E-state index is 9.31. The Morgan fingerprint density at radius 3 is 2.09 bits per heavy atom. The Kier molecular flexibility index (Phi) is 6.12. The van der Waals surface area contributed by atoms with Crippen molar-refractivity contribution >= 4 is 8.38 Å². The Bertz CT molecular complexity index is 94.1. The SMILES string of the molecule is CC(C)COP(O)CC(C)C. The van der Waals surface area contributed by atoms with Crippen LogP contribution in [0.1, 0.15) is 27.7 Å². The van der Waals surface area contributed by atoms with Gasteiger partial charge >= 0.3 is 0 Å². The van der Waals surface area contributed by atoms with Crippen molar-refractivity contribution in [3.63, 3.8) is 0 Å². The maximum Gasteiger partial charge on any atom is 0.167 e. The van der Waals surface area contributed by atoms with Gasteiger partial charge in [0.1, 0.15) is 0 Å². The molecule has 68 valence electrons. The van der Waals surface area contributed by atoms with Crippen LogP contribution >= 0.6 is 8.38 Å². The average Bonchev–Trinajstić information content (AvgIpc) is 1.82. The van der Waals surface area contributed by atoms with Gasteiger partial charge in [0.15, 0.2) is 8.38 Å². The molecule has 11 heavy (non-hydrogen) atoms. The van der Waals surface area contributed by atoms with Crippen molar-refractivity contribution in [2.24, 2.45) is 11.8 Å². The van der Waals surface area contributed by atoms with Gasteiger partial charge in [-0.15, -0.1) is 0 Å². The highest BCUT2D eigenvalue weighted by Gasteiger charge is 2.08. The standard InChI is InChI=1S/C8H19O2P/c1-7(2)5-10-11(9)6-8(3)4/h7-9H,5-6H2,1-4H3. The molecule has 1 atom stereocenters. The van der Waals surface area contributed by atoms with Crippen LogP contribution in [0.2, 0.25) is 0 Å². The van der Waals surface area contributed by atoms with Crippen LogP contribution in [-0.4, -0.2) is 17.7 Å². The van der Waals surface area contributed by atoms with Crippen molar-refractivity contribution in [2.75, 3.05) is 12.8 Å². The summed E-state index contributed by atoms with van der Waals surface area (Å²) in [6.07, 6.45) is 0.794. The van der Waals surface area contributed by atoms with Crippen molar-refractivity contribution in [1.82, 2.24) is 0 Å². The topological polar surface area (TPSA) is 29.5 Å². The van der Waals surface area contributed by atoms with Crippen molar-refractivity contribution < 1.29 is 9.42 Å². The van der Waals surface area contributed by atoms with Crippen LogP contribution < -0.4 is 0 Å². The second kappa shape index (κ2) is 5.93. The molecule has 0 aliphatic rings. The van der Waals surface area contributed by atoms with Gasteiger partial charge in [-0.05, 0) is 11.8 Å². The zero-order chi connectivity index (χ0) is 8.85. The van der Waals surface area contributed by atoms with E-state index in [2.05, 4.69) is 27.7 Å². The van der Waals surface area contributed by atoms with Crippen molar-refractivity contribution in [2.45, 2.75) is 27.7 Å². The van der Waals surface area contributed by atoms with E-state index in [1.165, 1.54) is 0 Å². The van der Waals surface area contributed by atoms with Gasteiger partial charge in [-0.2, -0.15) is 0 Å². The Hall–Kier alpha value is 0.350. The third kappa shape index (κ3) is 8.25. The number of hydrogen-bond donors (Lipinski definition) is 1. The summed E-state index contributed by atoms with van der Waals surface area (Å²) in [6.45, 7) is 9.01. The van der Waals surface area contributed by atoms with Gasteiger partial charge in [-0.3, -0.25) is 0 Å². The molecule has 0 aromatic heterocycles. The Morgan fingerprint density at radius 2 is 1.73 bits per heavy atom. The highest BCUT2D eigenvalue weighted by atomic mass is 31.2. The predicted octanol–water partition coefficient (Wildman–Crippen LogP) is 2.62. The fourth-order valence-corrected chi connectivity index (χ4v) is 1.80. The molecule has 2 nitrogen and oxygen atoms in total. The first-order chi connectivity index (χ1) is 5.02. The molecular formula is C8H19O2P. The van der Waals surface area contributed by atoms with Crippen LogP contribution in [0.25, 0.3) is 0 Å². The van der Waals surface area contributed by atoms with Crippen LogP contribution in [0.3, 0.4) is 0 Å². The summed E-state index contributed by atoms with van der Waals surface area (Å²) in [5.41, 5.74) is 0. The van der Waals surface area contributed by atoms with E-state index in [1.54, 1.807) is 0 Å². The van der Waals surface area contributed by atoms with Crippen molar-refractivity contribution in [3.05, 3.63) is 0 Å². The van der Waals surface area contributed by atoms with Crippen LogP contribution in [0.15, 0.2) is 0 Å². The second-order valence-corrected chi connectivity index (χ2v) is 4.95. The first kappa shape index (κ1) is 11.4. The first-order valence-electron chi connectivity index (χ1n) is 4.11. The third-order valence-corrected chi connectivity index (χ3v) is 2.57. The molecule has 0 spiro atoms. The largest absolute Gasteiger partial charge is 0.350 e. The molecule has 0 rings (SSSR count). The van der Waals surface area contributed by atoms with E-state index in [0.29, 0.717) is 18.4 Å². The second-order valence-electron chi connectivity index (χ2n) is 3.62. The normalized spacial score (nSPS) is 14.5. The van der Waals surface area contributed by atoms with E-state index in [4.69, 9.17) is 4.52 Å². The summed E-state index contributed by atoms with van der Waals surface area (Å²) >= 11 is 0. The molecular weight excluding hydrogens is 159 g/mol. The fraction of sp³-hybridized carbons (Fsp3) is 1.00. The lowest BCUT2D eigenvalue weighted by Crippen LogP contribution is -2.02. The van der Waals surface area contributed by atoms with E-state index in [0.717, 1.165) is 6.16 Å². The molecule has 1 N–H and O–H groups in total. The summed E-state index contributed by atoms with van der Waals surface area (Å²) in [7, 11) is -1.15. The van der Waals surface area contributed by atoms with E-state index in [9.17, 15) is 4.89 Å². The van der Waals surface area contributed by atoms with Gasteiger partial charge in [0.25, 0.3) is 0 Å². The minimum atomic E-state index is -1.15. The molecule has 0 aliphatic heterocycles. The van der Waals surface area contributed by atoms with Gasteiger partial charge in [0, 0.05) is 6.16 Å². The Labute approximate surface area is 70.9 Å². The average molecular weight is 178 g/mol. The first-order valence-corrected chi connectivity index (χ1v) is 5.51. The van der Waals surface area contributed by atoms with E-state index >= 15 is 0 Å². The van der Waals surface area contributed by atoms with E-state index < -0.39 is 8.38 Å². The Balaban J connectivity index is 3.29. The smallest absolute Gasteiger partial charge is 0.167 e. The van der Waals surface area contributed by atoms with E-state index in [1.807, 2.05) is 0 Å². The van der Waals surface area contributed by atoms with Gasteiger partial charge in [0.05, 0.1) is 6.61 Å². The van der Waals surface area contributed by atoms with E-state index in [-0.39, 0.29) is 0 Å². The molecule has 0 radical (unpaired) electrons. The lowest BCUT2D eigenvalue weighted by Gasteiger charge is -2.13. The van der Waals surface area contributed by atoms with Crippen LogP contribution in [0.4, 0.5) is 0 Å². The summed E-state index contributed by atoms with van der Waals surface area (Å²) in [5, 5.41) is 0.